The smallest absolute Gasteiger partial charge is 0.306 e. The van der Waals surface area contributed by atoms with Crippen LogP contribution in [0.4, 0.5) is 5.69 Å². The molecule has 0 unspecified atom stereocenters. The molecule has 0 fully saturated rings. The van der Waals surface area contributed by atoms with E-state index in [1.54, 1.807) is 6.07 Å². The van der Waals surface area contributed by atoms with Gasteiger partial charge in [0, 0.05) is 17.7 Å². The molecular formula is C23H25NO4. The number of carbonyl (C=O) groups excluding carboxylic acids is 3. The van der Waals surface area contributed by atoms with Crippen LogP contribution >= 0.6 is 0 Å². The number of carbonyl (C=O) groups is 3. The van der Waals surface area contributed by atoms with Gasteiger partial charge >= 0.3 is 5.97 Å². The molecule has 0 spiro atoms. The second-order valence-corrected chi connectivity index (χ2v) is 7.27. The molecule has 5 nitrogen and oxygen atoms in total. The van der Waals surface area contributed by atoms with Crippen LogP contribution in [0.25, 0.3) is 0 Å². The number of benzene rings is 2. The SMILES string of the molecule is Cc1ccc(NC(=O)COC(=O)CCC(=O)c2ccc3c(c2)CCC3)cc1C. The molecule has 0 heterocycles. The van der Waals surface area contributed by atoms with E-state index in [-0.39, 0.29) is 25.2 Å². The second-order valence-electron chi connectivity index (χ2n) is 7.27. The molecule has 0 saturated heterocycles. The summed E-state index contributed by atoms with van der Waals surface area (Å²) in [6.45, 7) is 3.59. The van der Waals surface area contributed by atoms with Crippen LogP contribution in [0.1, 0.15) is 51.9 Å². The molecule has 28 heavy (non-hydrogen) atoms. The van der Waals surface area contributed by atoms with Crippen molar-refractivity contribution in [3.63, 3.8) is 0 Å². The summed E-state index contributed by atoms with van der Waals surface area (Å²) in [5.74, 6) is -1.03. The summed E-state index contributed by atoms with van der Waals surface area (Å²) >= 11 is 0. The van der Waals surface area contributed by atoms with Gasteiger partial charge in [0.1, 0.15) is 0 Å². The maximum absolute atomic E-state index is 12.3. The Morgan fingerprint density at radius 2 is 1.71 bits per heavy atom. The van der Waals surface area contributed by atoms with Crippen LogP contribution in [0, 0.1) is 13.8 Å². The number of fused-ring (bicyclic) bond motifs is 1. The van der Waals surface area contributed by atoms with Crippen molar-refractivity contribution in [3.05, 3.63) is 64.2 Å². The van der Waals surface area contributed by atoms with Crippen LogP contribution < -0.4 is 5.32 Å². The summed E-state index contributed by atoms with van der Waals surface area (Å²) in [5.41, 5.74) is 6.05. The Bertz CT molecular complexity index is 917. The number of nitrogens with one attached hydrogen (secondary N) is 1. The largest absolute Gasteiger partial charge is 0.456 e. The zero-order valence-electron chi connectivity index (χ0n) is 16.3. The topological polar surface area (TPSA) is 72.5 Å². The summed E-state index contributed by atoms with van der Waals surface area (Å²) in [4.78, 5) is 36.1. The van der Waals surface area contributed by atoms with Crippen molar-refractivity contribution in [2.24, 2.45) is 0 Å². The van der Waals surface area contributed by atoms with E-state index >= 15 is 0 Å². The van der Waals surface area contributed by atoms with Gasteiger partial charge in [-0.1, -0.05) is 18.2 Å². The van der Waals surface area contributed by atoms with Gasteiger partial charge in [0.2, 0.25) is 0 Å². The van der Waals surface area contributed by atoms with Crippen molar-refractivity contribution in [3.8, 4) is 0 Å². The minimum Gasteiger partial charge on any atom is -0.456 e. The molecule has 0 atom stereocenters. The molecule has 146 valence electrons. The van der Waals surface area contributed by atoms with Gasteiger partial charge in [-0.25, -0.2) is 0 Å². The average molecular weight is 379 g/mol. The number of hydrogen-bond donors (Lipinski definition) is 1. The van der Waals surface area contributed by atoms with Gasteiger partial charge in [0.15, 0.2) is 12.4 Å². The Balaban J connectivity index is 1.42. The molecule has 0 radical (unpaired) electrons. The van der Waals surface area contributed by atoms with Gasteiger partial charge in [-0.15, -0.1) is 0 Å². The van der Waals surface area contributed by atoms with E-state index in [0.717, 1.165) is 30.4 Å². The number of esters is 1. The first-order chi connectivity index (χ1) is 13.4. The van der Waals surface area contributed by atoms with Gasteiger partial charge in [-0.2, -0.15) is 0 Å². The maximum atomic E-state index is 12.3. The van der Waals surface area contributed by atoms with E-state index in [0.29, 0.717) is 11.3 Å². The first-order valence-corrected chi connectivity index (χ1v) is 9.60. The van der Waals surface area contributed by atoms with Gasteiger partial charge in [0.25, 0.3) is 5.91 Å². The van der Waals surface area contributed by atoms with Gasteiger partial charge in [-0.3, -0.25) is 14.4 Å². The number of ether oxygens (including phenoxy) is 1. The van der Waals surface area contributed by atoms with Crippen molar-refractivity contribution < 1.29 is 19.1 Å². The molecule has 0 saturated carbocycles. The van der Waals surface area contributed by atoms with Gasteiger partial charge in [0.05, 0.1) is 6.42 Å². The zero-order valence-corrected chi connectivity index (χ0v) is 16.3. The van der Waals surface area contributed by atoms with E-state index in [1.807, 2.05) is 44.2 Å². The zero-order chi connectivity index (χ0) is 20.1. The number of rotatable bonds is 7. The van der Waals surface area contributed by atoms with E-state index in [2.05, 4.69) is 5.32 Å². The molecule has 0 aliphatic heterocycles. The average Bonchev–Trinajstić information content (AvgIpc) is 3.15. The van der Waals surface area contributed by atoms with Gasteiger partial charge in [-0.05, 0) is 73.6 Å². The Hall–Kier alpha value is -2.95. The Labute approximate surface area is 165 Å². The minimum atomic E-state index is -0.551. The molecule has 1 aliphatic carbocycles. The summed E-state index contributed by atoms with van der Waals surface area (Å²) in [6, 6.07) is 11.4. The van der Waals surface area contributed by atoms with Crippen molar-refractivity contribution in [1.82, 2.24) is 0 Å². The predicted molar refractivity (Wildman–Crippen MR) is 108 cm³/mol. The summed E-state index contributed by atoms with van der Waals surface area (Å²) in [7, 11) is 0. The molecular weight excluding hydrogens is 354 g/mol. The lowest BCUT2D eigenvalue weighted by molar-refractivity contribution is -0.147. The fourth-order valence-corrected chi connectivity index (χ4v) is 3.34. The molecule has 1 amide bonds. The minimum absolute atomic E-state index is 0.0349. The number of aryl methyl sites for hydroxylation is 4. The van der Waals surface area contributed by atoms with Crippen molar-refractivity contribution in [1.29, 1.82) is 0 Å². The number of hydrogen-bond acceptors (Lipinski definition) is 4. The first kappa shape index (κ1) is 19.8. The first-order valence-electron chi connectivity index (χ1n) is 9.60. The lowest BCUT2D eigenvalue weighted by atomic mass is 10.0. The number of anilines is 1. The van der Waals surface area contributed by atoms with Crippen LogP contribution in [0.15, 0.2) is 36.4 Å². The highest BCUT2D eigenvalue weighted by Gasteiger charge is 2.16. The number of Topliss-reactive ketones (excluding diaryl/α,β-unsaturated/α-hetero) is 1. The molecule has 0 bridgehead atoms. The lowest BCUT2D eigenvalue weighted by Gasteiger charge is -2.08. The summed E-state index contributed by atoms with van der Waals surface area (Å²) in [6.07, 6.45) is 3.25. The summed E-state index contributed by atoms with van der Waals surface area (Å²) < 4.78 is 4.99. The van der Waals surface area contributed by atoms with Crippen LogP contribution in [0.2, 0.25) is 0 Å². The predicted octanol–water partition coefficient (Wildman–Crippen LogP) is 3.94. The van der Waals surface area contributed by atoms with E-state index in [4.69, 9.17) is 4.74 Å². The molecule has 1 aliphatic rings. The highest BCUT2D eigenvalue weighted by Crippen LogP contribution is 2.23. The monoisotopic (exact) mass is 379 g/mol. The third kappa shape index (κ3) is 5.06. The summed E-state index contributed by atoms with van der Waals surface area (Å²) in [5, 5.41) is 2.70. The molecule has 3 rings (SSSR count). The number of ketones is 1. The number of amides is 1. The lowest BCUT2D eigenvalue weighted by Crippen LogP contribution is -2.21. The van der Waals surface area contributed by atoms with Crippen LogP contribution in [0.5, 0.6) is 0 Å². The standard InChI is InChI=1S/C23H25NO4/c1-15-6-9-20(12-16(15)2)24-22(26)14-28-23(27)11-10-21(25)19-8-7-17-4-3-5-18(17)13-19/h6-9,12-13H,3-5,10-11,14H2,1-2H3,(H,24,26). The fourth-order valence-electron chi connectivity index (χ4n) is 3.34. The molecule has 5 heteroatoms. The second kappa shape index (κ2) is 8.83. The van der Waals surface area contributed by atoms with E-state index < -0.39 is 11.9 Å². The van der Waals surface area contributed by atoms with Crippen LogP contribution in [0.3, 0.4) is 0 Å². The normalized spacial score (nSPS) is 12.4. The highest BCUT2D eigenvalue weighted by atomic mass is 16.5. The van der Waals surface area contributed by atoms with E-state index in [1.165, 1.54) is 11.1 Å². The van der Waals surface area contributed by atoms with E-state index in [9.17, 15) is 14.4 Å². The molecule has 2 aromatic carbocycles. The van der Waals surface area contributed by atoms with Gasteiger partial charge < -0.3 is 10.1 Å². The van der Waals surface area contributed by atoms with Crippen molar-refractivity contribution in [2.45, 2.75) is 46.0 Å². The Morgan fingerprint density at radius 3 is 2.50 bits per heavy atom. The quantitative estimate of drug-likeness (QED) is 0.584. The molecule has 1 N–H and O–H groups in total. The fraction of sp³-hybridized carbons (Fsp3) is 0.348. The van der Waals surface area contributed by atoms with Crippen molar-refractivity contribution in [2.75, 3.05) is 11.9 Å². The third-order valence-corrected chi connectivity index (χ3v) is 5.13. The highest BCUT2D eigenvalue weighted by molar-refractivity contribution is 5.98. The molecule has 2 aromatic rings. The van der Waals surface area contributed by atoms with Crippen molar-refractivity contribution >= 4 is 23.3 Å². The molecule has 0 aromatic heterocycles. The van der Waals surface area contributed by atoms with Crippen LogP contribution in [-0.4, -0.2) is 24.3 Å². The Morgan fingerprint density at radius 1 is 0.929 bits per heavy atom. The van der Waals surface area contributed by atoms with Crippen LogP contribution in [-0.2, 0) is 27.2 Å². The Kier molecular flexibility index (Phi) is 6.24. The third-order valence-electron chi connectivity index (χ3n) is 5.13. The maximum Gasteiger partial charge on any atom is 0.306 e.